The van der Waals surface area contributed by atoms with Crippen molar-refractivity contribution in [3.63, 3.8) is 0 Å². The molecule has 0 fully saturated rings. The fraction of sp³-hybridized carbons (Fsp3) is 0.231. The Morgan fingerprint density at radius 3 is 3.05 bits per heavy atom. The maximum absolute atomic E-state index is 12.2. The van der Waals surface area contributed by atoms with Gasteiger partial charge in [0.25, 0.3) is 5.91 Å². The molecule has 3 heterocycles. The van der Waals surface area contributed by atoms with E-state index in [1.165, 1.54) is 11.3 Å². The Morgan fingerprint density at radius 1 is 1.48 bits per heavy atom. The first-order chi connectivity index (χ1) is 10.1. The van der Waals surface area contributed by atoms with Gasteiger partial charge in [0.05, 0.1) is 17.6 Å². The molecule has 0 radical (unpaired) electrons. The van der Waals surface area contributed by atoms with Crippen molar-refractivity contribution in [3.8, 4) is 0 Å². The number of aromatic nitrogens is 4. The van der Waals surface area contributed by atoms with Gasteiger partial charge in [-0.2, -0.15) is 10.2 Å². The Bertz CT molecular complexity index is 793. The lowest BCUT2D eigenvalue weighted by molar-refractivity contribution is 0.0959. The Balaban J connectivity index is 1.68. The third-order valence-corrected chi connectivity index (χ3v) is 4.17. The van der Waals surface area contributed by atoms with Crippen molar-refractivity contribution in [2.45, 2.75) is 6.42 Å². The molecule has 108 valence electrons. The number of thiophene rings is 1. The zero-order chi connectivity index (χ0) is 14.8. The highest BCUT2D eigenvalue weighted by atomic mass is 32.1. The summed E-state index contributed by atoms with van der Waals surface area (Å²) < 4.78 is 1.74. The summed E-state index contributed by atoms with van der Waals surface area (Å²) in [5.41, 5.74) is 7.39. The molecule has 0 aliphatic rings. The van der Waals surface area contributed by atoms with Gasteiger partial charge < -0.3 is 11.1 Å². The second kappa shape index (κ2) is 5.49. The molecule has 0 saturated carbocycles. The number of amides is 1. The number of nitrogens with one attached hydrogen (secondary N) is 1. The zero-order valence-electron chi connectivity index (χ0n) is 11.4. The maximum Gasteiger partial charge on any atom is 0.263 e. The lowest BCUT2D eigenvalue weighted by atomic mass is 10.2. The van der Waals surface area contributed by atoms with Gasteiger partial charge in [0.2, 0.25) is 0 Å². The third kappa shape index (κ3) is 2.70. The van der Waals surface area contributed by atoms with Crippen LogP contribution in [0.25, 0.3) is 10.2 Å². The molecular weight excluding hydrogens is 288 g/mol. The molecule has 0 unspecified atom stereocenters. The van der Waals surface area contributed by atoms with Crippen LogP contribution in [0.4, 0.5) is 5.69 Å². The molecule has 21 heavy (non-hydrogen) atoms. The van der Waals surface area contributed by atoms with E-state index in [2.05, 4.69) is 20.6 Å². The van der Waals surface area contributed by atoms with Crippen LogP contribution in [-0.4, -0.2) is 32.4 Å². The molecule has 0 bridgehead atoms. The number of nitrogen functional groups attached to an aromatic ring is 1. The molecule has 0 aliphatic heterocycles. The second-order valence-corrected chi connectivity index (χ2v) is 5.58. The quantitative estimate of drug-likeness (QED) is 0.748. The van der Waals surface area contributed by atoms with E-state index in [-0.39, 0.29) is 5.91 Å². The summed E-state index contributed by atoms with van der Waals surface area (Å²) in [6.07, 6.45) is 4.12. The predicted molar refractivity (Wildman–Crippen MR) is 81.1 cm³/mol. The van der Waals surface area contributed by atoms with Crippen molar-refractivity contribution in [1.82, 2.24) is 25.3 Å². The lowest BCUT2D eigenvalue weighted by Crippen LogP contribution is -2.25. The normalized spacial score (nSPS) is 10.9. The number of fused-ring (bicyclic) bond motifs is 1. The van der Waals surface area contributed by atoms with Crippen LogP contribution in [0.5, 0.6) is 0 Å². The van der Waals surface area contributed by atoms with Crippen molar-refractivity contribution >= 4 is 33.1 Å². The standard InChI is InChI=1S/C13H14N6OS/c1-19-7-4-8(18-19)2-5-15-12(20)11-10(14)9-3-6-16-17-13(9)21-11/h3-4,6-7H,2,5,14H2,1H3,(H,15,20). The molecule has 8 heteroatoms. The highest BCUT2D eigenvalue weighted by molar-refractivity contribution is 7.21. The molecular formula is C13H14N6OS. The van der Waals surface area contributed by atoms with E-state index in [1.807, 2.05) is 19.3 Å². The Kier molecular flexibility index (Phi) is 3.53. The third-order valence-electron chi connectivity index (χ3n) is 3.06. The van der Waals surface area contributed by atoms with Gasteiger partial charge in [0.15, 0.2) is 0 Å². The average molecular weight is 302 g/mol. The van der Waals surface area contributed by atoms with Crippen molar-refractivity contribution in [3.05, 3.63) is 35.1 Å². The molecule has 3 aromatic rings. The Hall–Kier alpha value is -2.48. The van der Waals surface area contributed by atoms with Gasteiger partial charge in [-0.1, -0.05) is 0 Å². The fourth-order valence-corrected chi connectivity index (χ4v) is 2.98. The van der Waals surface area contributed by atoms with Crippen LogP contribution in [0.1, 0.15) is 15.4 Å². The van der Waals surface area contributed by atoms with E-state index in [9.17, 15) is 4.79 Å². The second-order valence-electron chi connectivity index (χ2n) is 4.58. The minimum absolute atomic E-state index is 0.188. The summed E-state index contributed by atoms with van der Waals surface area (Å²) in [7, 11) is 1.86. The van der Waals surface area contributed by atoms with Crippen LogP contribution in [0.3, 0.4) is 0 Å². The average Bonchev–Trinajstić information content (AvgIpc) is 3.03. The highest BCUT2D eigenvalue weighted by Gasteiger charge is 2.16. The van der Waals surface area contributed by atoms with Crippen LogP contribution in [0.2, 0.25) is 0 Å². The molecule has 7 nitrogen and oxygen atoms in total. The van der Waals surface area contributed by atoms with E-state index >= 15 is 0 Å². The van der Waals surface area contributed by atoms with Crippen LogP contribution < -0.4 is 11.1 Å². The maximum atomic E-state index is 12.2. The predicted octanol–water partition coefficient (Wildman–Crippen LogP) is 0.979. The first kappa shape index (κ1) is 13.5. The fourth-order valence-electron chi connectivity index (χ4n) is 2.02. The number of nitrogens with two attached hydrogens (primary N) is 1. The van der Waals surface area contributed by atoms with Crippen molar-refractivity contribution in [2.75, 3.05) is 12.3 Å². The lowest BCUT2D eigenvalue weighted by Gasteiger charge is -2.02. The summed E-state index contributed by atoms with van der Waals surface area (Å²) in [6, 6.07) is 3.69. The molecule has 1 amide bonds. The van der Waals surface area contributed by atoms with Crippen LogP contribution in [-0.2, 0) is 13.5 Å². The summed E-state index contributed by atoms with van der Waals surface area (Å²) >= 11 is 1.25. The van der Waals surface area contributed by atoms with Crippen LogP contribution >= 0.6 is 11.3 Å². The van der Waals surface area contributed by atoms with Crippen LogP contribution in [0.15, 0.2) is 24.5 Å². The number of anilines is 1. The van der Waals surface area contributed by atoms with Crippen molar-refractivity contribution in [1.29, 1.82) is 0 Å². The summed E-state index contributed by atoms with van der Waals surface area (Å²) in [5, 5.41) is 15.6. The number of carbonyl (C=O) groups is 1. The highest BCUT2D eigenvalue weighted by Crippen LogP contribution is 2.31. The van der Waals surface area contributed by atoms with E-state index in [4.69, 9.17) is 5.73 Å². The molecule has 0 aliphatic carbocycles. The first-order valence-corrected chi connectivity index (χ1v) is 7.23. The molecule has 0 atom stereocenters. The van der Waals surface area contributed by atoms with E-state index in [0.717, 1.165) is 11.1 Å². The summed E-state index contributed by atoms with van der Waals surface area (Å²) in [6.45, 7) is 0.509. The van der Waals surface area contributed by atoms with Gasteiger partial charge in [-0.15, -0.1) is 16.4 Å². The smallest absolute Gasteiger partial charge is 0.263 e. The summed E-state index contributed by atoms with van der Waals surface area (Å²) in [5.74, 6) is -0.188. The molecule has 0 saturated heterocycles. The number of rotatable bonds is 4. The number of nitrogens with zero attached hydrogens (tertiary/aromatic N) is 4. The minimum atomic E-state index is -0.188. The number of carbonyl (C=O) groups excluding carboxylic acids is 1. The molecule has 3 N–H and O–H groups in total. The van der Waals surface area contributed by atoms with E-state index in [1.54, 1.807) is 16.9 Å². The van der Waals surface area contributed by atoms with E-state index < -0.39 is 0 Å². The number of aryl methyl sites for hydroxylation is 1. The van der Waals surface area contributed by atoms with Crippen LogP contribution in [0, 0.1) is 0 Å². The zero-order valence-corrected chi connectivity index (χ0v) is 12.2. The minimum Gasteiger partial charge on any atom is -0.397 e. The van der Waals surface area contributed by atoms with Crippen molar-refractivity contribution < 1.29 is 4.79 Å². The number of hydrogen-bond acceptors (Lipinski definition) is 6. The van der Waals surface area contributed by atoms with Gasteiger partial charge in [0.1, 0.15) is 9.71 Å². The van der Waals surface area contributed by atoms with Gasteiger partial charge in [-0.05, 0) is 12.1 Å². The molecule has 0 aromatic carbocycles. The van der Waals surface area contributed by atoms with E-state index in [0.29, 0.717) is 28.4 Å². The Morgan fingerprint density at radius 2 is 2.33 bits per heavy atom. The monoisotopic (exact) mass is 302 g/mol. The largest absolute Gasteiger partial charge is 0.397 e. The molecule has 3 rings (SSSR count). The van der Waals surface area contributed by atoms with Gasteiger partial charge in [-0.3, -0.25) is 9.48 Å². The topological polar surface area (TPSA) is 98.7 Å². The Labute approximate surface area is 124 Å². The van der Waals surface area contributed by atoms with Gasteiger partial charge in [-0.25, -0.2) is 0 Å². The number of hydrogen-bond donors (Lipinski definition) is 2. The first-order valence-electron chi connectivity index (χ1n) is 6.41. The summed E-state index contributed by atoms with van der Waals surface area (Å²) in [4.78, 5) is 13.3. The molecule has 3 aromatic heterocycles. The van der Waals surface area contributed by atoms with Gasteiger partial charge in [0, 0.05) is 31.6 Å². The molecule has 0 spiro atoms. The van der Waals surface area contributed by atoms with Gasteiger partial charge >= 0.3 is 0 Å². The van der Waals surface area contributed by atoms with Crippen molar-refractivity contribution in [2.24, 2.45) is 7.05 Å². The SMILES string of the molecule is Cn1ccc(CCNC(=O)c2sc3nnccc3c2N)n1.